The number of ether oxygens (including phenoxy) is 1. The van der Waals surface area contributed by atoms with Gasteiger partial charge in [-0.3, -0.25) is 19.7 Å². The van der Waals surface area contributed by atoms with E-state index in [0.717, 1.165) is 24.8 Å². The molecule has 2 fully saturated rings. The number of hydrogen-bond donors (Lipinski definition) is 2. The average molecular weight is 536 g/mol. The van der Waals surface area contributed by atoms with Crippen LogP contribution in [0.2, 0.25) is 5.02 Å². The summed E-state index contributed by atoms with van der Waals surface area (Å²) in [6, 6.07) is 10.6. The largest absolute Gasteiger partial charge is 0.479 e. The van der Waals surface area contributed by atoms with Gasteiger partial charge in [0.2, 0.25) is 11.9 Å². The minimum atomic E-state index is -0.625. The molecule has 0 aliphatic carbocycles. The van der Waals surface area contributed by atoms with Gasteiger partial charge in [0.25, 0.3) is 11.8 Å². The van der Waals surface area contributed by atoms with Crippen molar-refractivity contribution in [3.05, 3.63) is 65.2 Å². The van der Waals surface area contributed by atoms with Crippen molar-refractivity contribution in [2.24, 2.45) is 0 Å². The van der Waals surface area contributed by atoms with Crippen LogP contribution in [0.4, 0.5) is 5.95 Å². The van der Waals surface area contributed by atoms with Crippen molar-refractivity contribution in [3.8, 4) is 5.75 Å². The third-order valence-electron chi connectivity index (χ3n) is 7.03. The quantitative estimate of drug-likeness (QED) is 0.459. The predicted molar refractivity (Wildman–Crippen MR) is 146 cm³/mol. The number of likely N-dealkylation sites (tertiary alicyclic amines) is 1. The molecule has 2 aromatic carbocycles. The van der Waals surface area contributed by atoms with Crippen molar-refractivity contribution in [3.63, 3.8) is 0 Å². The van der Waals surface area contributed by atoms with Gasteiger partial charge in [-0.1, -0.05) is 35.9 Å². The zero-order valence-electron chi connectivity index (χ0n) is 21.2. The van der Waals surface area contributed by atoms with Gasteiger partial charge >= 0.3 is 0 Å². The molecule has 3 aromatic rings. The molecule has 2 N–H and O–H groups in total. The van der Waals surface area contributed by atoms with E-state index in [1.54, 1.807) is 23.1 Å². The molecule has 198 valence electrons. The fourth-order valence-electron chi connectivity index (χ4n) is 5.12. The Morgan fingerprint density at radius 1 is 1.24 bits per heavy atom. The topological polar surface area (TPSA) is 106 Å². The van der Waals surface area contributed by atoms with Crippen LogP contribution in [-0.2, 0) is 9.59 Å². The number of carbonyl (C=O) groups is 3. The van der Waals surface area contributed by atoms with Gasteiger partial charge in [-0.05, 0) is 56.5 Å². The first-order valence-corrected chi connectivity index (χ1v) is 13.2. The number of nitrogens with zero attached hydrogens (tertiary/aromatic N) is 3. The molecule has 0 radical (unpaired) electrons. The molecule has 1 unspecified atom stereocenters. The Kier molecular flexibility index (Phi) is 7.37. The van der Waals surface area contributed by atoms with Crippen LogP contribution in [0.5, 0.6) is 5.75 Å². The minimum Gasteiger partial charge on any atom is -0.479 e. The maximum Gasteiger partial charge on any atom is 0.261 e. The fraction of sp³-hybridized carbons (Fsp3) is 0.357. The molecule has 0 bridgehead atoms. The highest BCUT2D eigenvalue weighted by Crippen LogP contribution is 2.39. The number of amides is 3. The smallest absolute Gasteiger partial charge is 0.261 e. The molecule has 1 aromatic heterocycles. The second-order valence-corrected chi connectivity index (χ2v) is 10.1. The number of rotatable bonds is 6. The second kappa shape index (κ2) is 10.9. The third-order valence-corrected chi connectivity index (χ3v) is 7.39. The number of benzene rings is 2. The standard InChI is InChI=1S/C28H30ClN5O4/c1-3-23(35)33-14-5-4-9-19(16-33)34-25-20(10-11-21(24(25)29)38-22-12-13-30-27(22)37)31-28(34)32-26(36)18-8-6-7-17(2)15-18/h3,6-8,10-11,15,19,22H,1,4-5,9,12-14,16H2,2H3,(H,30,37)(H,31,32,36)/t19-,22?/m1/s1. The summed E-state index contributed by atoms with van der Waals surface area (Å²) in [5.41, 5.74) is 2.63. The Morgan fingerprint density at radius 3 is 2.82 bits per heavy atom. The minimum absolute atomic E-state index is 0.144. The van der Waals surface area contributed by atoms with Crippen molar-refractivity contribution in [1.29, 1.82) is 0 Å². The van der Waals surface area contributed by atoms with E-state index in [0.29, 0.717) is 59.4 Å². The Morgan fingerprint density at radius 2 is 2.08 bits per heavy atom. The number of nitrogens with one attached hydrogen (secondary N) is 2. The highest BCUT2D eigenvalue weighted by atomic mass is 35.5. The van der Waals surface area contributed by atoms with Gasteiger partial charge < -0.3 is 19.5 Å². The van der Waals surface area contributed by atoms with E-state index in [-0.39, 0.29) is 23.8 Å². The van der Waals surface area contributed by atoms with Gasteiger partial charge in [0.05, 0.1) is 17.1 Å². The molecular formula is C28H30ClN5O4. The van der Waals surface area contributed by atoms with Crippen molar-refractivity contribution in [2.45, 2.75) is 44.8 Å². The van der Waals surface area contributed by atoms with Gasteiger partial charge in [-0.15, -0.1) is 0 Å². The number of aryl methyl sites for hydroxylation is 1. The number of fused-ring (bicyclic) bond motifs is 1. The van der Waals surface area contributed by atoms with E-state index in [1.165, 1.54) is 6.08 Å². The summed E-state index contributed by atoms with van der Waals surface area (Å²) >= 11 is 6.92. The Bertz CT molecular complexity index is 1420. The summed E-state index contributed by atoms with van der Waals surface area (Å²) < 4.78 is 7.90. The van der Waals surface area contributed by atoms with Gasteiger partial charge in [0.1, 0.15) is 10.8 Å². The highest BCUT2D eigenvalue weighted by molar-refractivity contribution is 6.36. The molecule has 2 aliphatic rings. The normalized spacial score (nSPS) is 19.6. The van der Waals surface area contributed by atoms with Gasteiger partial charge in [-0.25, -0.2) is 4.98 Å². The molecule has 0 saturated carbocycles. The molecule has 9 nitrogen and oxygen atoms in total. The monoisotopic (exact) mass is 535 g/mol. The molecular weight excluding hydrogens is 506 g/mol. The van der Waals surface area contributed by atoms with Crippen LogP contribution >= 0.6 is 11.6 Å². The number of carbonyl (C=O) groups excluding carboxylic acids is 3. The van der Waals surface area contributed by atoms with Gasteiger partial charge in [0, 0.05) is 31.6 Å². The highest BCUT2D eigenvalue weighted by Gasteiger charge is 2.30. The van der Waals surface area contributed by atoms with E-state index in [9.17, 15) is 14.4 Å². The first kappa shape index (κ1) is 25.8. The third kappa shape index (κ3) is 5.11. The van der Waals surface area contributed by atoms with Crippen molar-refractivity contribution < 1.29 is 19.1 Å². The molecule has 2 aliphatic heterocycles. The summed E-state index contributed by atoms with van der Waals surface area (Å²) in [4.78, 5) is 44.4. The van der Waals surface area contributed by atoms with E-state index in [1.807, 2.05) is 29.7 Å². The molecule has 2 atom stereocenters. The van der Waals surface area contributed by atoms with Gasteiger partial charge in [0.15, 0.2) is 6.10 Å². The number of imidazole rings is 1. The summed E-state index contributed by atoms with van der Waals surface area (Å²) in [7, 11) is 0. The lowest BCUT2D eigenvalue weighted by Gasteiger charge is -2.26. The number of hydrogen-bond acceptors (Lipinski definition) is 5. The first-order chi connectivity index (χ1) is 18.4. The number of anilines is 1. The molecule has 2 saturated heterocycles. The van der Waals surface area contributed by atoms with Crippen LogP contribution in [-0.4, -0.2) is 57.9 Å². The Balaban J connectivity index is 1.59. The Hall–Kier alpha value is -3.85. The molecule has 5 rings (SSSR count). The maximum atomic E-state index is 13.2. The second-order valence-electron chi connectivity index (χ2n) is 9.70. The SMILES string of the molecule is C=CC(=O)N1CCCC[C@@H](n2c(NC(=O)c3cccc(C)c3)nc3ccc(OC4CCNC4=O)c(Cl)c32)C1. The summed E-state index contributed by atoms with van der Waals surface area (Å²) in [5.74, 6) is 0.0823. The zero-order chi connectivity index (χ0) is 26.8. The molecule has 38 heavy (non-hydrogen) atoms. The molecule has 3 heterocycles. The fourth-order valence-corrected chi connectivity index (χ4v) is 5.42. The Labute approximate surface area is 225 Å². The molecule has 0 spiro atoms. The van der Waals surface area contributed by atoms with Crippen LogP contribution in [0.15, 0.2) is 49.1 Å². The van der Waals surface area contributed by atoms with E-state index < -0.39 is 6.10 Å². The van der Waals surface area contributed by atoms with Crippen LogP contribution < -0.4 is 15.4 Å². The number of halogens is 1. The summed E-state index contributed by atoms with van der Waals surface area (Å²) in [6.07, 6.45) is 3.73. The van der Waals surface area contributed by atoms with Crippen LogP contribution in [0.3, 0.4) is 0 Å². The van der Waals surface area contributed by atoms with Crippen molar-refractivity contribution in [2.75, 3.05) is 25.0 Å². The summed E-state index contributed by atoms with van der Waals surface area (Å²) in [6.45, 7) is 7.15. The van der Waals surface area contributed by atoms with E-state index >= 15 is 0 Å². The lowest BCUT2D eigenvalue weighted by molar-refractivity contribution is -0.126. The lowest BCUT2D eigenvalue weighted by atomic mass is 10.1. The van der Waals surface area contributed by atoms with Gasteiger partial charge in [-0.2, -0.15) is 0 Å². The van der Waals surface area contributed by atoms with Crippen LogP contribution in [0, 0.1) is 6.92 Å². The molecule has 3 amide bonds. The first-order valence-electron chi connectivity index (χ1n) is 12.8. The van der Waals surface area contributed by atoms with E-state index in [4.69, 9.17) is 21.3 Å². The maximum absolute atomic E-state index is 13.2. The average Bonchev–Trinajstić information content (AvgIpc) is 3.38. The predicted octanol–water partition coefficient (Wildman–Crippen LogP) is 4.26. The summed E-state index contributed by atoms with van der Waals surface area (Å²) in [5, 5.41) is 6.04. The van der Waals surface area contributed by atoms with Crippen LogP contribution in [0.25, 0.3) is 11.0 Å². The van der Waals surface area contributed by atoms with Crippen LogP contribution in [0.1, 0.15) is 47.6 Å². The van der Waals surface area contributed by atoms with E-state index in [2.05, 4.69) is 17.2 Å². The lowest BCUT2D eigenvalue weighted by Crippen LogP contribution is -2.34. The molecule has 10 heteroatoms. The number of aromatic nitrogens is 2. The zero-order valence-corrected chi connectivity index (χ0v) is 22.0. The van der Waals surface area contributed by atoms with Crippen molar-refractivity contribution in [1.82, 2.24) is 19.8 Å². The van der Waals surface area contributed by atoms with Crippen molar-refractivity contribution >= 4 is 46.3 Å².